The monoisotopic (exact) mass is 402 g/mol. The van der Waals surface area contributed by atoms with E-state index >= 15 is 0 Å². The van der Waals surface area contributed by atoms with Crippen LogP contribution in [0.25, 0.3) is 0 Å². The first-order valence-electron chi connectivity index (χ1n) is 8.67. The van der Waals surface area contributed by atoms with Crippen molar-refractivity contribution in [3.8, 4) is 11.5 Å². The van der Waals surface area contributed by atoms with E-state index in [4.69, 9.17) is 9.47 Å². The molecule has 0 saturated carbocycles. The van der Waals surface area contributed by atoms with Gasteiger partial charge in [-0.25, -0.2) is 0 Å². The van der Waals surface area contributed by atoms with Crippen molar-refractivity contribution >= 4 is 23.3 Å². The van der Waals surface area contributed by atoms with E-state index in [1.807, 2.05) is 0 Å². The highest BCUT2D eigenvalue weighted by molar-refractivity contribution is 6.01. The Morgan fingerprint density at radius 2 is 1.34 bits per heavy atom. The standard InChI is InChI=1S/C19H18N2O8/c1-3-19(4-2,17(22)28-15-10-8-13(9-11-15)20(24)25)18(23)29-16-7-5-6-14(12-16)21(26)27/h5-12H,3-4H2,1-2H3. The van der Waals surface area contributed by atoms with Crippen LogP contribution in [0.5, 0.6) is 11.5 Å². The fourth-order valence-electron chi connectivity index (χ4n) is 2.62. The zero-order valence-electron chi connectivity index (χ0n) is 15.7. The number of rotatable bonds is 8. The van der Waals surface area contributed by atoms with Crippen molar-refractivity contribution in [3.05, 3.63) is 68.8 Å². The summed E-state index contributed by atoms with van der Waals surface area (Å²) in [5.74, 6) is -1.82. The first-order chi connectivity index (χ1) is 13.7. The van der Waals surface area contributed by atoms with E-state index in [0.717, 1.165) is 6.07 Å². The van der Waals surface area contributed by atoms with Crippen LogP contribution in [-0.2, 0) is 9.59 Å². The average Bonchev–Trinajstić information content (AvgIpc) is 2.70. The summed E-state index contributed by atoms with van der Waals surface area (Å²) in [6, 6.07) is 9.88. The highest BCUT2D eigenvalue weighted by atomic mass is 16.6. The summed E-state index contributed by atoms with van der Waals surface area (Å²) in [5.41, 5.74) is -2.08. The second kappa shape index (κ2) is 8.91. The molecule has 2 rings (SSSR count). The molecule has 0 N–H and O–H groups in total. The molecule has 2 aromatic carbocycles. The summed E-state index contributed by atoms with van der Waals surface area (Å²) in [5, 5.41) is 21.6. The number of ether oxygens (including phenoxy) is 2. The van der Waals surface area contributed by atoms with Gasteiger partial charge in [0.05, 0.1) is 15.9 Å². The van der Waals surface area contributed by atoms with E-state index in [9.17, 15) is 29.8 Å². The number of nitro groups is 2. The van der Waals surface area contributed by atoms with Crippen molar-refractivity contribution in [3.63, 3.8) is 0 Å². The zero-order valence-corrected chi connectivity index (χ0v) is 15.7. The normalized spacial score (nSPS) is 10.8. The Bertz CT molecular complexity index is 935. The van der Waals surface area contributed by atoms with Crippen LogP contribution in [-0.4, -0.2) is 21.8 Å². The zero-order chi connectivity index (χ0) is 21.6. The predicted octanol–water partition coefficient (Wildman–Crippen LogP) is 3.82. The van der Waals surface area contributed by atoms with Crippen LogP contribution in [0, 0.1) is 25.6 Å². The van der Waals surface area contributed by atoms with E-state index in [1.54, 1.807) is 13.8 Å². The molecule has 2 aromatic rings. The van der Waals surface area contributed by atoms with Crippen LogP contribution in [0.3, 0.4) is 0 Å². The fourth-order valence-corrected chi connectivity index (χ4v) is 2.62. The summed E-state index contributed by atoms with van der Waals surface area (Å²) in [6.45, 7) is 3.21. The van der Waals surface area contributed by atoms with E-state index < -0.39 is 27.2 Å². The van der Waals surface area contributed by atoms with E-state index in [0.29, 0.717) is 0 Å². The molecule has 0 saturated heterocycles. The molecule has 0 unspecified atom stereocenters. The van der Waals surface area contributed by atoms with Gasteiger partial charge in [0.1, 0.15) is 11.5 Å². The molecule has 10 heteroatoms. The lowest BCUT2D eigenvalue weighted by Gasteiger charge is -2.26. The van der Waals surface area contributed by atoms with Crippen LogP contribution < -0.4 is 9.47 Å². The molecule has 152 valence electrons. The van der Waals surface area contributed by atoms with Gasteiger partial charge in [-0.1, -0.05) is 19.9 Å². The molecule has 0 fully saturated rings. The summed E-state index contributed by atoms with van der Waals surface area (Å²) >= 11 is 0. The Kier molecular flexibility index (Phi) is 6.60. The van der Waals surface area contributed by atoms with Crippen molar-refractivity contribution in [1.29, 1.82) is 0 Å². The lowest BCUT2D eigenvalue weighted by molar-refractivity contribution is -0.385. The second-order valence-electron chi connectivity index (χ2n) is 6.07. The number of nitrogens with zero attached hydrogens (tertiary/aromatic N) is 2. The Labute approximate surface area is 165 Å². The minimum Gasteiger partial charge on any atom is -0.426 e. The Balaban J connectivity index is 2.23. The Hall–Kier alpha value is -3.82. The fraction of sp³-hybridized carbons (Fsp3) is 0.263. The minimum absolute atomic E-state index is 0.0371. The predicted molar refractivity (Wildman–Crippen MR) is 100 cm³/mol. The number of nitro benzene ring substituents is 2. The van der Waals surface area contributed by atoms with Crippen LogP contribution in [0.4, 0.5) is 11.4 Å². The third-order valence-electron chi connectivity index (χ3n) is 4.49. The van der Waals surface area contributed by atoms with Crippen LogP contribution in [0.15, 0.2) is 48.5 Å². The van der Waals surface area contributed by atoms with E-state index in [-0.39, 0.29) is 35.7 Å². The molecule has 0 bridgehead atoms. The first-order valence-corrected chi connectivity index (χ1v) is 8.67. The number of benzene rings is 2. The molecule has 0 aliphatic heterocycles. The van der Waals surface area contributed by atoms with Crippen molar-refractivity contribution < 1.29 is 28.9 Å². The van der Waals surface area contributed by atoms with E-state index in [1.165, 1.54) is 42.5 Å². The molecule has 0 radical (unpaired) electrons. The summed E-state index contributed by atoms with van der Waals surface area (Å²) in [4.78, 5) is 45.9. The lowest BCUT2D eigenvalue weighted by atomic mass is 9.82. The molecule has 29 heavy (non-hydrogen) atoms. The number of carbonyl (C=O) groups is 2. The molecule has 0 aliphatic rings. The van der Waals surface area contributed by atoms with Crippen LogP contribution in [0.2, 0.25) is 0 Å². The van der Waals surface area contributed by atoms with Gasteiger partial charge >= 0.3 is 11.9 Å². The number of carbonyl (C=O) groups excluding carboxylic acids is 2. The van der Waals surface area contributed by atoms with E-state index in [2.05, 4.69) is 0 Å². The Morgan fingerprint density at radius 1 is 0.828 bits per heavy atom. The van der Waals surface area contributed by atoms with Crippen LogP contribution in [0.1, 0.15) is 26.7 Å². The maximum absolute atomic E-state index is 12.8. The Morgan fingerprint density at radius 3 is 1.83 bits per heavy atom. The summed E-state index contributed by atoms with van der Waals surface area (Å²) in [7, 11) is 0. The largest absolute Gasteiger partial charge is 0.426 e. The highest BCUT2D eigenvalue weighted by Gasteiger charge is 2.46. The maximum atomic E-state index is 12.8. The first kappa shape index (κ1) is 21.5. The SMILES string of the molecule is CCC(CC)(C(=O)Oc1ccc([N+](=O)[O-])cc1)C(=O)Oc1cccc([N+](=O)[O-])c1. The lowest BCUT2D eigenvalue weighted by Crippen LogP contribution is -2.43. The molecule has 10 nitrogen and oxygen atoms in total. The van der Waals surface area contributed by atoms with Crippen molar-refractivity contribution in [2.75, 3.05) is 0 Å². The number of hydrogen-bond acceptors (Lipinski definition) is 8. The van der Waals surface area contributed by atoms with Crippen molar-refractivity contribution in [2.45, 2.75) is 26.7 Å². The minimum atomic E-state index is -1.65. The molecule has 0 heterocycles. The molecular weight excluding hydrogens is 384 g/mol. The number of non-ortho nitro benzene ring substituents is 2. The van der Waals surface area contributed by atoms with Gasteiger partial charge in [-0.05, 0) is 31.0 Å². The smallest absolute Gasteiger partial charge is 0.328 e. The van der Waals surface area contributed by atoms with Gasteiger partial charge in [-0.2, -0.15) is 0 Å². The number of esters is 2. The highest BCUT2D eigenvalue weighted by Crippen LogP contribution is 2.32. The van der Waals surface area contributed by atoms with Crippen molar-refractivity contribution in [1.82, 2.24) is 0 Å². The molecule has 0 aromatic heterocycles. The van der Waals surface area contributed by atoms with Gasteiger partial charge < -0.3 is 9.47 Å². The van der Waals surface area contributed by atoms with Gasteiger partial charge in [0, 0.05) is 18.2 Å². The molecule has 0 amide bonds. The molecule has 0 aliphatic carbocycles. The maximum Gasteiger partial charge on any atom is 0.328 e. The topological polar surface area (TPSA) is 139 Å². The van der Waals surface area contributed by atoms with Gasteiger partial charge in [0.15, 0.2) is 5.41 Å². The van der Waals surface area contributed by atoms with Gasteiger partial charge in [-0.3, -0.25) is 29.8 Å². The molecule has 0 atom stereocenters. The quantitative estimate of drug-likeness (QED) is 0.213. The van der Waals surface area contributed by atoms with Gasteiger partial charge in [0.2, 0.25) is 0 Å². The molecule has 0 spiro atoms. The third-order valence-corrected chi connectivity index (χ3v) is 4.49. The number of hydrogen-bond donors (Lipinski definition) is 0. The second-order valence-corrected chi connectivity index (χ2v) is 6.07. The van der Waals surface area contributed by atoms with Crippen molar-refractivity contribution in [2.24, 2.45) is 5.41 Å². The molecular formula is C19H18N2O8. The van der Waals surface area contributed by atoms with Gasteiger partial charge in [0.25, 0.3) is 11.4 Å². The summed E-state index contributed by atoms with van der Waals surface area (Å²) < 4.78 is 10.5. The van der Waals surface area contributed by atoms with Crippen LogP contribution >= 0.6 is 0 Å². The van der Waals surface area contributed by atoms with Gasteiger partial charge in [-0.15, -0.1) is 0 Å². The average molecular weight is 402 g/mol. The third kappa shape index (κ3) is 4.72. The summed E-state index contributed by atoms with van der Waals surface area (Å²) in [6.07, 6.45) is 0.117.